The fourth-order valence-corrected chi connectivity index (χ4v) is 1.86. The van der Waals surface area contributed by atoms with Gasteiger partial charge in [0.15, 0.2) is 0 Å². The van der Waals surface area contributed by atoms with Crippen molar-refractivity contribution < 1.29 is 4.74 Å². The monoisotopic (exact) mass is 232 g/mol. The number of fused-ring (bicyclic) bond motifs is 1. The quantitative estimate of drug-likeness (QED) is 0.759. The highest BCUT2D eigenvalue weighted by atomic mass is 35.5. The van der Waals surface area contributed by atoms with Gasteiger partial charge < -0.3 is 4.74 Å². The van der Waals surface area contributed by atoms with Crippen LogP contribution in [0, 0.1) is 18.3 Å². The van der Waals surface area contributed by atoms with Gasteiger partial charge in [0, 0.05) is 22.2 Å². The van der Waals surface area contributed by atoms with Gasteiger partial charge in [-0.1, -0.05) is 11.6 Å². The number of aromatic nitrogens is 1. The van der Waals surface area contributed by atoms with Gasteiger partial charge in [-0.15, -0.1) is 0 Å². The predicted molar refractivity (Wildman–Crippen MR) is 62.8 cm³/mol. The van der Waals surface area contributed by atoms with E-state index in [1.807, 2.05) is 13.0 Å². The molecule has 0 saturated carbocycles. The largest absolute Gasteiger partial charge is 0.496 e. The third kappa shape index (κ3) is 1.68. The third-order valence-electron chi connectivity index (χ3n) is 2.31. The highest BCUT2D eigenvalue weighted by Crippen LogP contribution is 2.30. The summed E-state index contributed by atoms with van der Waals surface area (Å²) in [5.41, 5.74) is 1.90. The second-order valence-corrected chi connectivity index (χ2v) is 3.86. The Labute approximate surface area is 98.2 Å². The summed E-state index contributed by atoms with van der Waals surface area (Å²) >= 11 is 5.94. The molecule has 16 heavy (non-hydrogen) atoms. The lowest BCUT2D eigenvalue weighted by Crippen LogP contribution is -1.92. The van der Waals surface area contributed by atoms with E-state index in [1.54, 1.807) is 19.2 Å². The molecule has 0 aliphatic carbocycles. The predicted octanol–water partition coefficient (Wildman–Crippen LogP) is 3.08. The van der Waals surface area contributed by atoms with Crippen molar-refractivity contribution in [3.05, 3.63) is 34.5 Å². The van der Waals surface area contributed by atoms with Crippen LogP contribution >= 0.6 is 11.6 Å². The Hall–Kier alpha value is -1.79. The second-order valence-electron chi connectivity index (χ2n) is 3.43. The lowest BCUT2D eigenvalue weighted by atomic mass is 10.1. The van der Waals surface area contributed by atoms with E-state index in [0.717, 1.165) is 11.1 Å². The maximum Gasteiger partial charge on any atom is 0.130 e. The fraction of sp³-hybridized carbons (Fsp3) is 0.167. The van der Waals surface area contributed by atoms with Crippen LogP contribution in [0.4, 0.5) is 0 Å². The van der Waals surface area contributed by atoms with Crippen LogP contribution in [0.15, 0.2) is 18.2 Å². The van der Waals surface area contributed by atoms with E-state index in [2.05, 4.69) is 11.1 Å². The molecule has 0 N–H and O–H groups in total. The lowest BCUT2D eigenvalue weighted by Gasteiger charge is -2.07. The third-order valence-corrected chi connectivity index (χ3v) is 2.53. The van der Waals surface area contributed by atoms with Crippen molar-refractivity contribution >= 4 is 22.5 Å². The molecule has 3 nitrogen and oxygen atoms in total. The zero-order chi connectivity index (χ0) is 11.7. The van der Waals surface area contributed by atoms with Gasteiger partial charge in [-0.05, 0) is 19.1 Å². The molecule has 0 radical (unpaired) electrons. The molecule has 0 saturated heterocycles. The van der Waals surface area contributed by atoms with Crippen molar-refractivity contribution in [1.29, 1.82) is 5.26 Å². The Morgan fingerprint density at radius 2 is 2.12 bits per heavy atom. The number of benzene rings is 1. The number of hydrogen-bond donors (Lipinski definition) is 0. The second kappa shape index (κ2) is 3.99. The van der Waals surface area contributed by atoms with E-state index in [4.69, 9.17) is 21.6 Å². The lowest BCUT2D eigenvalue weighted by molar-refractivity contribution is 0.419. The van der Waals surface area contributed by atoms with Crippen LogP contribution in [-0.2, 0) is 0 Å². The Kier molecular flexibility index (Phi) is 2.67. The van der Waals surface area contributed by atoms with E-state index in [1.165, 1.54) is 0 Å². The summed E-state index contributed by atoms with van der Waals surface area (Å²) in [6, 6.07) is 7.27. The molecule has 1 heterocycles. The number of nitrogens with zero attached hydrogens (tertiary/aromatic N) is 2. The van der Waals surface area contributed by atoms with Crippen molar-refractivity contribution in [2.75, 3.05) is 7.11 Å². The minimum Gasteiger partial charge on any atom is -0.496 e. The van der Waals surface area contributed by atoms with Crippen molar-refractivity contribution in [1.82, 2.24) is 4.98 Å². The Morgan fingerprint density at radius 1 is 1.38 bits per heavy atom. The van der Waals surface area contributed by atoms with Crippen LogP contribution in [0.25, 0.3) is 10.9 Å². The SMILES string of the molecule is COc1cc(C)nc2c(C#N)cc(Cl)cc12. The van der Waals surface area contributed by atoms with Gasteiger partial charge in [-0.25, -0.2) is 0 Å². The highest BCUT2D eigenvalue weighted by molar-refractivity contribution is 6.31. The summed E-state index contributed by atoms with van der Waals surface area (Å²) in [4.78, 5) is 4.34. The Morgan fingerprint density at radius 3 is 2.75 bits per heavy atom. The molecule has 2 rings (SSSR count). The first-order chi connectivity index (χ1) is 7.65. The average molecular weight is 233 g/mol. The van der Waals surface area contributed by atoms with Crippen LogP contribution in [0.5, 0.6) is 5.75 Å². The van der Waals surface area contributed by atoms with Crippen LogP contribution in [-0.4, -0.2) is 12.1 Å². The molecule has 0 atom stereocenters. The molecule has 80 valence electrons. The molecule has 0 unspecified atom stereocenters. The van der Waals surface area contributed by atoms with Gasteiger partial charge in [-0.2, -0.15) is 5.26 Å². The number of pyridine rings is 1. The number of ether oxygens (including phenoxy) is 1. The van der Waals surface area contributed by atoms with Gasteiger partial charge in [0.1, 0.15) is 11.8 Å². The first-order valence-electron chi connectivity index (χ1n) is 4.70. The number of methoxy groups -OCH3 is 1. The number of rotatable bonds is 1. The number of nitriles is 1. The van der Waals surface area contributed by atoms with Gasteiger partial charge in [-0.3, -0.25) is 4.98 Å². The van der Waals surface area contributed by atoms with E-state index < -0.39 is 0 Å². The molecule has 2 aromatic rings. The Balaban J connectivity index is 2.94. The molecule has 1 aromatic carbocycles. The standard InChI is InChI=1S/C12H9ClN2O/c1-7-3-11(16-2)10-5-9(13)4-8(6-14)12(10)15-7/h3-5H,1-2H3. The summed E-state index contributed by atoms with van der Waals surface area (Å²) in [5, 5.41) is 10.3. The number of aryl methyl sites for hydroxylation is 1. The Bertz CT molecular complexity index is 602. The summed E-state index contributed by atoms with van der Waals surface area (Å²) in [6.45, 7) is 1.86. The van der Waals surface area contributed by atoms with E-state index in [9.17, 15) is 0 Å². The van der Waals surface area contributed by atoms with Gasteiger partial charge in [0.05, 0.1) is 18.2 Å². The molecular weight excluding hydrogens is 224 g/mol. The molecule has 0 bridgehead atoms. The summed E-state index contributed by atoms with van der Waals surface area (Å²) in [5.74, 6) is 0.682. The van der Waals surface area contributed by atoms with E-state index in [-0.39, 0.29) is 0 Å². The average Bonchev–Trinajstić information content (AvgIpc) is 2.27. The maximum atomic E-state index is 9.03. The zero-order valence-corrected chi connectivity index (χ0v) is 9.67. The first-order valence-corrected chi connectivity index (χ1v) is 5.08. The normalized spacial score (nSPS) is 10.1. The molecule has 0 fully saturated rings. The summed E-state index contributed by atoms with van der Waals surface area (Å²) < 4.78 is 5.25. The van der Waals surface area contributed by atoms with Crippen molar-refractivity contribution in [3.8, 4) is 11.8 Å². The van der Waals surface area contributed by atoms with Crippen LogP contribution in [0.2, 0.25) is 5.02 Å². The van der Waals surface area contributed by atoms with Gasteiger partial charge >= 0.3 is 0 Å². The van der Waals surface area contributed by atoms with Crippen LogP contribution in [0.1, 0.15) is 11.3 Å². The minimum absolute atomic E-state index is 0.463. The molecular formula is C12H9ClN2O. The molecule has 0 spiro atoms. The number of halogens is 1. The van der Waals surface area contributed by atoms with E-state index in [0.29, 0.717) is 21.9 Å². The number of hydrogen-bond acceptors (Lipinski definition) is 3. The topological polar surface area (TPSA) is 45.9 Å². The van der Waals surface area contributed by atoms with Gasteiger partial charge in [0.25, 0.3) is 0 Å². The van der Waals surface area contributed by atoms with Crippen molar-refractivity contribution in [3.63, 3.8) is 0 Å². The summed E-state index contributed by atoms with van der Waals surface area (Å²) in [7, 11) is 1.58. The first kappa shape index (κ1) is 10.7. The minimum atomic E-state index is 0.463. The maximum absolute atomic E-state index is 9.03. The summed E-state index contributed by atoms with van der Waals surface area (Å²) in [6.07, 6.45) is 0. The highest BCUT2D eigenvalue weighted by Gasteiger charge is 2.09. The van der Waals surface area contributed by atoms with Crippen molar-refractivity contribution in [2.24, 2.45) is 0 Å². The van der Waals surface area contributed by atoms with Gasteiger partial charge in [0.2, 0.25) is 0 Å². The van der Waals surface area contributed by atoms with E-state index >= 15 is 0 Å². The van der Waals surface area contributed by atoms with Crippen molar-refractivity contribution in [2.45, 2.75) is 6.92 Å². The van der Waals surface area contributed by atoms with Crippen LogP contribution < -0.4 is 4.74 Å². The molecule has 0 aliphatic rings. The smallest absolute Gasteiger partial charge is 0.130 e. The molecule has 0 aliphatic heterocycles. The fourth-order valence-electron chi connectivity index (χ4n) is 1.64. The molecule has 1 aromatic heterocycles. The molecule has 4 heteroatoms. The zero-order valence-electron chi connectivity index (χ0n) is 8.91. The molecule has 0 amide bonds. The van der Waals surface area contributed by atoms with Crippen LogP contribution in [0.3, 0.4) is 0 Å².